The van der Waals surface area contributed by atoms with Crippen LogP contribution in [0.25, 0.3) is 10.9 Å². The third-order valence-electron chi connectivity index (χ3n) is 4.83. The van der Waals surface area contributed by atoms with Crippen molar-refractivity contribution >= 4 is 22.6 Å². The number of urea groups is 1. The Kier molecular flexibility index (Phi) is 5.06. The summed E-state index contributed by atoms with van der Waals surface area (Å²) in [6.45, 7) is 2.46. The van der Waals surface area contributed by atoms with E-state index in [2.05, 4.69) is 32.7 Å². The number of hydrogen-bond donors (Lipinski definition) is 3. The molecule has 0 unspecified atom stereocenters. The van der Waals surface area contributed by atoms with Crippen LogP contribution in [0.1, 0.15) is 22.6 Å². The molecule has 0 aliphatic rings. The van der Waals surface area contributed by atoms with Gasteiger partial charge in [0.15, 0.2) is 0 Å². The maximum atomic E-state index is 12.4. The normalized spacial score (nSPS) is 11.9. The number of nitrogens with zero attached hydrogens (tertiary/aromatic N) is 1. The molecule has 0 bridgehead atoms. The molecule has 0 aliphatic carbocycles. The third-order valence-corrected chi connectivity index (χ3v) is 4.83. The molecule has 0 fully saturated rings. The number of aromatic nitrogens is 2. The van der Waals surface area contributed by atoms with Crippen molar-refractivity contribution in [3.63, 3.8) is 0 Å². The quantitative estimate of drug-likeness (QED) is 0.471. The molecule has 2 amide bonds. The highest BCUT2D eigenvalue weighted by atomic mass is 16.2. The molecule has 5 heteroatoms. The lowest BCUT2D eigenvalue weighted by molar-refractivity contribution is 0.252. The van der Waals surface area contributed by atoms with Crippen LogP contribution in [0.2, 0.25) is 0 Å². The SMILES string of the molecule is Cc1cccc(NC(=O)NC[C@H](c2cccnc2)c2c[nH]c3ccccc23)c1. The van der Waals surface area contributed by atoms with Crippen molar-refractivity contribution in [3.8, 4) is 0 Å². The van der Waals surface area contributed by atoms with Gasteiger partial charge in [0, 0.05) is 47.6 Å². The monoisotopic (exact) mass is 370 g/mol. The molecule has 2 aromatic heterocycles. The van der Waals surface area contributed by atoms with Crippen LogP contribution >= 0.6 is 0 Å². The van der Waals surface area contributed by atoms with Gasteiger partial charge in [-0.3, -0.25) is 4.98 Å². The van der Waals surface area contributed by atoms with E-state index in [9.17, 15) is 4.79 Å². The Hall–Kier alpha value is -3.60. The highest BCUT2D eigenvalue weighted by Crippen LogP contribution is 2.30. The summed E-state index contributed by atoms with van der Waals surface area (Å²) in [5, 5.41) is 7.06. The van der Waals surface area contributed by atoms with Crippen molar-refractivity contribution in [2.24, 2.45) is 0 Å². The lowest BCUT2D eigenvalue weighted by Crippen LogP contribution is -2.32. The number of amides is 2. The Morgan fingerprint density at radius 3 is 2.82 bits per heavy atom. The Bertz CT molecular complexity index is 1090. The van der Waals surface area contributed by atoms with Crippen LogP contribution in [-0.2, 0) is 0 Å². The van der Waals surface area contributed by atoms with E-state index < -0.39 is 0 Å². The molecule has 3 N–H and O–H groups in total. The number of fused-ring (bicyclic) bond motifs is 1. The summed E-state index contributed by atoms with van der Waals surface area (Å²) >= 11 is 0. The number of aryl methyl sites for hydroxylation is 1. The molecule has 4 aromatic rings. The van der Waals surface area contributed by atoms with Crippen LogP contribution in [0.5, 0.6) is 0 Å². The van der Waals surface area contributed by atoms with Crippen molar-refractivity contribution in [1.82, 2.24) is 15.3 Å². The highest BCUT2D eigenvalue weighted by Gasteiger charge is 2.19. The van der Waals surface area contributed by atoms with Crippen LogP contribution in [0.3, 0.4) is 0 Å². The molecule has 140 valence electrons. The Morgan fingerprint density at radius 1 is 1.11 bits per heavy atom. The van der Waals surface area contributed by atoms with Gasteiger partial charge in [0.2, 0.25) is 0 Å². The first-order chi connectivity index (χ1) is 13.7. The van der Waals surface area contributed by atoms with Gasteiger partial charge in [0.25, 0.3) is 0 Å². The van der Waals surface area contributed by atoms with Crippen LogP contribution < -0.4 is 10.6 Å². The fourth-order valence-electron chi connectivity index (χ4n) is 3.46. The number of benzene rings is 2. The van der Waals surface area contributed by atoms with E-state index in [1.165, 1.54) is 0 Å². The van der Waals surface area contributed by atoms with Gasteiger partial charge in [-0.15, -0.1) is 0 Å². The lowest BCUT2D eigenvalue weighted by Gasteiger charge is -2.18. The number of nitrogens with one attached hydrogen (secondary N) is 3. The maximum Gasteiger partial charge on any atom is 0.319 e. The number of anilines is 1. The summed E-state index contributed by atoms with van der Waals surface area (Å²) in [4.78, 5) is 20.0. The first kappa shape index (κ1) is 17.8. The summed E-state index contributed by atoms with van der Waals surface area (Å²) in [6.07, 6.45) is 5.63. The fourth-order valence-corrected chi connectivity index (χ4v) is 3.46. The van der Waals surface area contributed by atoms with Gasteiger partial charge in [-0.2, -0.15) is 0 Å². The zero-order valence-electron chi connectivity index (χ0n) is 15.6. The molecule has 2 heterocycles. The second-order valence-corrected chi connectivity index (χ2v) is 6.83. The van der Waals surface area contributed by atoms with E-state index in [1.807, 2.05) is 67.8 Å². The Morgan fingerprint density at radius 2 is 2.00 bits per heavy atom. The summed E-state index contributed by atoms with van der Waals surface area (Å²) in [6, 6.07) is 19.7. The number of aromatic amines is 1. The van der Waals surface area contributed by atoms with Crippen molar-refractivity contribution in [2.45, 2.75) is 12.8 Å². The number of rotatable bonds is 5. The molecule has 4 rings (SSSR count). The molecule has 2 aromatic carbocycles. The molecule has 0 radical (unpaired) electrons. The molecule has 1 atom stereocenters. The maximum absolute atomic E-state index is 12.4. The van der Waals surface area contributed by atoms with Gasteiger partial charge in [0.1, 0.15) is 0 Å². The van der Waals surface area contributed by atoms with Gasteiger partial charge in [-0.1, -0.05) is 36.4 Å². The minimum absolute atomic E-state index is 0.00638. The average Bonchev–Trinajstić information content (AvgIpc) is 3.13. The predicted molar refractivity (Wildman–Crippen MR) is 113 cm³/mol. The van der Waals surface area contributed by atoms with Crippen molar-refractivity contribution in [3.05, 3.63) is 95.9 Å². The first-order valence-corrected chi connectivity index (χ1v) is 9.28. The topological polar surface area (TPSA) is 69.8 Å². The zero-order valence-corrected chi connectivity index (χ0v) is 15.6. The standard InChI is InChI=1S/C23H22N4O/c1-16-6-4-8-18(12-16)27-23(28)26-14-20(17-7-5-11-24-13-17)21-15-25-22-10-3-2-9-19(21)22/h2-13,15,20,25H,14H2,1H3,(H2,26,27,28)/t20-/m1/s1. The molecular formula is C23H22N4O. The van der Waals surface area contributed by atoms with Gasteiger partial charge in [-0.25, -0.2) is 4.79 Å². The number of carbonyl (C=O) groups is 1. The Balaban J connectivity index is 1.56. The van der Waals surface area contributed by atoms with Crippen LogP contribution in [0.4, 0.5) is 10.5 Å². The summed E-state index contributed by atoms with van der Waals surface area (Å²) in [5.41, 5.74) is 5.16. The number of para-hydroxylation sites is 1. The predicted octanol–water partition coefficient (Wildman–Crippen LogP) is 4.82. The number of pyridine rings is 1. The molecule has 0 saturated carbocycles. The molecule has 0 saturated heterocycles. The fraction of sp³-hybridized carbons (Fsp3) is 0.130. The highest BCUT2D eigenvalue weighted by molar-refractivity contribution is 5.89. The second-order valence-electron chi connectivity index (χ2n) is 6.83. The summed E-state index contributed by atoms with van der Waals surface area (Å²) in [5.74, 6) is -0.00638. The van der Waals surface area contributed by atoms with Crippen molar-refractivity contribution in [1.29, 1.82) is 0 Å². The van der Waals surface area contributed by atoms with E-state index in [0.717, 1.165) is 33.3 Å². The van der Waals surface area contributed by atoms with Crippen LogP contribution in [0.15, 0.2) is 79.3 Å². The van der Waals surface area contributed by atoms with Crippen LogP contribution in [-0.4, -0.2) is 22.5 Å². The molecule has 0 spiro atoms. The van der Waals surface area contributed by atoms with Crippen molar-refractivity contribution in [2.75, 3.05) is 11.9 Å². The van der Waals surface area contributed by atoms with Crippen molar-refractivity contribution < 1.29 is 4.79 Å². The summed E-state index contributed by atoms with van der Waals surface area (Å²) < 4.78 is 0. The van der Waals surface area contributed by atoms with Gasteiger partial charge in [-0.05, 0) is 47.9 Å². The van der Waals surface area contributed by atoms with E-state index in [-0.39, 0.29) is 11.9 Å². The number of carbonyl (C=O) groups excluding carboxylic acids is 1. The minimum Gasteiger partial charge on any atom is -0.361 e. The number of H-pyrrole nitrogens is 1. The molecule has 5 nitrogen and oxygen atoms in total. The molecule has 0 aliphatic heterocycles. The Labute approximate surface area is 163 Å². The van der Waals surface area contributed by atoms with E-state index in [1.54, 1.807) is 6.20 Å². The lowest BCUT2D eigenvalue weighted by atomic mass is 9.92. The second kappa shape index (κ2) is 7.96. The smallest absolute Gasteiger partial charge is 0.319 e. The average molecular weight is 370 g/mol. The van der Waals surface area contributed by atoms with Gasteiger partial charge < -0.3 is 15.6 Å². The first-order valence-electron chi connectivity index (χ1n) is 9.28. The summed E-state index contributed by atoms with van der Waals surface area (Å²) in [7, 11) is 0. The van der Waals surface area contributed by atoms with E-state index in [4.69, 9.17) is 0 Å². The zero-order chi connectivity index (χ0) is 19.3. The van der Waals surface area contributed by atoms with Gasteiger partial charge >= 0.3 is 6.03 Å². The molecule has 28 heavy (non-hydrogen) atoms. The van der Waals surface area contributed by atoms with Gasteiger partial charge in [0.05, 0.1) is 0 Å². The molecular weight excluding hydrogens is 348 g/mol. The van der Waals surface area contributed by atoms with E-state index in [0.29, 0.717) is 6.54 Å². The largest absolute Gasteiger partial charge is 0.361 e. The number of hydrogen-bond acceptors (Lipinski definition) is 2. The van der Waals surface area contributed by atoms with E-state index >= 15 is 0 Å². The van der Waals surface area contributed by atoms with Crippen LogP contribution in [0, 0.1) is 6.92 Å². The minimum atomic E-state index is -0.223. The third kappa shape index (κ3) is 3.88.